The lowest BCUT2D eigenvalue weighted by Crippen LogP contribution is -2.39. The zero-order valence-electron chi connectivity index (χ0n) is 22.7. The monoisotopic (exact) mass is 502 g/mol. The third-order valence-corrected chi connectivity index (χ3v) is 5.78. The van der Waals surface area contributed by atoms with Crippen LogP contribution < -0.4 is 0 Å². The molecule has 0 fully saturated rings. The molecule has 0 aliphatic heterocycles. The largest absolute Gasteiger partial charge is 0.453 e. The van der Waals surface area contributed by atoms with Crippen molar-refractivity contribution < 1.29 is 24.5 Å². The lowest BCUT2D eigenvalue weighted by atomic mass is 10.0. The number of allylic oxidation sites excluding steroid dienone is 9. The average Bonchev–Trinajstić information content (AvgIpc) is 2.88. The van der Waals surface area contributed by atoms with Crippen molar-refractivity contribution in [1.29, 1.82) is 0 Å². The molecule has 0 rings (SSSR count). The number of ether oxygens (including phenoxy) is 1. The Morgan fingerprint density at radius 2 is 1.19 bits per heavy atom. The third-order valence-electron chi connectivity index (χ3n) is 5.78. The highest BCUT2D eigenvalue weighted by Crippen LogP contribution is 2.10. The summed E-state index contributed by atoms with van der Waals surface area (Å²) in [5.41, 5.74) is 0. The van der Waals surface area contributed by atoms with Gasteiger partial charge in [0.15, 0.2) is 18.0 Å². The molecule has 0 bridgehead atoms. The van der Waals surface area contributed by atoms with Crippen molar-refractivity contribution in [3.63, 3.8) is 0 Å². The van der Waals surface area contributed by atoms with Gasteiger partial charge in [0.25, 0.3) is 0 Å². The highest BCUT2D eigenvalue weighted by molar-refractivity contribution is 5.85. The number of unbranched alkanes of at least 4 members (excludes halogenated alkanes) is 11. The zero-order chi connectivity index (χ0) is 26.7. The Kier molecular flexibility index (Phi) is 24.2. The number of aliphatic hydroxyl groups excluding tert-OH is 2. The lowest BCUT2D eigenvalue weighted by molar-refractivity contribution is -0.156. The van der Waals surface area contributed by atoms with Crippen LogP contribution in [0.2, 0.25) is 0 Å². The van der Waals surface area contributed by atoms with Gasteiger partial charge in [-0.2, -0.15) is 0 Å². The van der Waals surface area contributed by atoms with Crippen LogP contribution in [0.15, 0.2) is 60.8 Å². The van der Waals surface area contributed by atoms with E-state index in [1.165, 1.54) is 57.1 Å². The molecule has 0 aromatic heterocycles. The molecule has 0 aliphatic rings. The molecule has 2 N–H and O–H groups in total. The zero-order valence-corrected chi connectivity index (χ0v) is 22.7. The molecule has 2 atom stereocenters. The molecule has 0 spiro atoms. The molecule has 0 saturated heterocycles. The minimum absolute atomic E-state index is 0.216. The quantitative estimate of drug-likeness (QED) is 0.0673. The fourth-order valence-electron chi connectivity index (χ4n) is 3.56. The molecule has 5 heteroatoms. The van der Waals surface area contributed by atoms with E-state index in [9.17, 15) is 19.8 Å². The van der Waals surface area contributed by atoms with Crippen molar-refractivity contribution in [2.45, 2.75) is 116 Å². The molecular weight excluding hydrogens is 452 g/mol. The molecular formula is C31H50O5. The molecule has 5 nitrogen and oxygen atoms in total. The topological polar surface area (TPSA) is 83.8 Å². The van der Waals surface area contributed by atoms with E-state index in [1.807, 2.05) is 24.3 Å². The number of ketones is 1. The normalized spacial score (nSPS) is 14.1. The molecule has 0 saturated carbocycles. The SMILES string of the molecule is CCCCCCCCCC=CC=CC=CC=CC=CC(=O)OC(CO)C(O)C(=O)CCCCCCC. The van der Waals surface area contributed by atoms with Crippen molar-refractivity contribution in [2.75, 3.05) is 6.61 Å². The Morgan fingerprint density at radius 3 is 1.78 bits per heavy atom. The van der Waals surface area contributed by atoms with E-state index in [2.05, 4.69) is 26.0 Å². The maximum absolute atomic E-state index is 12.1. The van der Waals surface area contributed by atoms with Gasteiger partial charge in [0.1, 0.15) is 0 Å². The number of hydrogen-bond acceptors (Lipinski definition) is 5. The predicted octanol–water partition coefficient (Wildman–Crippen LogP) is 7.10. The predicted molar refractivity (Wildman–Crippen MR) is 150 cm³/mol. The van der Waals surface area contributed by atoms with Gasteiger partial charge in [-0.15, -0.1) is 0 Å². The van der Waals surface area contributed by atoms with Crippen LogP contribution in [-0.4, -0.2) is 40.8 Å². The van der Waals surface area contributed by atoms with E-state index in [-0.39, 0.29) is 6.42 Å². The van der Waals surface area contributed by atoms with E-state index in [1.54, 1.807) is 12.2 Å². The average molecular weight is 503 g/mol. The number of carbonyl (C=O) groups is 2. The molecule has 204 valence electrons. The first-order chi connectivity index (χ1) is 17.6. The van der Waals surface area contributed by atoms with Crippen LogP contribution in [-0.2, 0) is 14.3 Å². The van der Waals surface area contributed by atoms with E-state index < -0.39 is 30.6 Å². The summed E-state index contributed by atoms with van der Waals surface area (Å²) < 4.78 is 5.04. The fourth-order valence-corrected chi connectivity index (χ4v) is 3.56. The van der Waals surface area contributed by atoms with Crippen LogP contribution in [0, 0.1) is 0 Å². The minimum Gasteiger partial charge on any atom is -0.453 e. The molecule has 2 unspecified atom stereocenters. The Balaban J connectivity index is 4.09. The molecule has 0 radical (unpaired) electrons. The van der Waals surface area contributed by atoms with Gasteiger partial charge in [0.05, 0.1) is 6.61 Å². The number of aliphatic hydroxyl groups is 2. The van der Waals surface area contributed by atoms with Crippen LogP contribution in [0.4, 0.5) is 0 Å². The molecule has 0 aromatic carbocycles. The van der Waals surface area contributed by atoms with E-state index >= 15 is 0 Å². The summed E-state index contributed by atoms with van der Waals surface area (Å²) in [6, 6.07) is 0. The Labute approximate surface area is 219 Å². The summed E-state index contributed by atoms with van der Waals surface area (Å²) >= 11 is 0. The van der Waals surface area contributed by atoms with Gasteiger partial charge in [-0.05, 0) is 19.3 Å². The summed E-state index contributed by atoms with van der Waals surface area (Å²) in [7, 11) is 0. The Bertz CT molecular complexity index is 687. The van der Waals surface area contributed by atoms with Crippen LogP contribution in [0.1, 0.15) is 104 Å². The van der Waals surface area contributed by atoms with E-state index in [4.69, 9.17) is 4.74 Å². The second kappa shape index (κ2) is 25.8. The number of hydrogen-bond donors (Lipinski definition) is 2. The lowest BCUT2D eigenvalue weighted by Gasteiger charge is -2.19. The van der Waals surface area contributed by atoms with Gasteiger partial charge in [-0.3, -0.25) is 4.79 Å². The first-order valence-corrected chi connectivity index (χ1v) is 13.9. The summed E-state index contributed by atoms with van der Waals surface area (Å²) in [4.78, 5) is 24.0. The second-order valence-electron chi connectivity index (χ2n) is 9.09. The van der Waals surface area contributed by atoms with Crippen LogP contribution >= 0.6 is 0 Å². The van der Waals surface area contributed by atoms with Crippen molar-refractivity contribution in [3.8, 4) is 0 Å². The first-order valence-electron chi connectivity index (χ1n) is 13.9. The first kappa shape index (κ1) is 33.8. The summed E-state index contributed by atoms with van der Waals surface area (Å²) in [6.45, 7) is 3.75. The third kappa shape index (κ3) is 21.1. The number of carbonyl (C=O) groups excluding carboxylic acids is 2. The molecule has 0 aromatic rings. The van der Waals surface area contributed by atoms with Gasteiger partial charge in [0.2, 0.25) is 0 Å². The Hall–Kier alpha value is -2.24. The van der Waals surface area contributed by atoms with Crippen LogP contribution in [0.3, 0.4) is 0 Å². The van der Waals surface area contributed by atoms with E-state index in [0.29, 0.717) is 6.42 Å². The minimum atomic E-state index is -1.51. The van der Waals surface area contributed by atoms with Gasteiger partial charge < -0.3 is 14.9 Å². The molecule has 0 heterocycles. The van der Waals surface area contributed by atoms with Crippen molar-refractivity contribution in [1.82, 2.24) is 0 Å². The van der Waals surface area contributed by atoms with Gasteiger partial charge in [-0.25, -0.2) is 4.79 Å². The van der Waals surface area contributed by atoms with Crippen molar-refractivity contribution >= 4 is 11.8 Å². The number of esters is 1. The highest BCUT2D eigenvalue weighted by Gasteiger charge is 2.27. The molecule has 0 amide bonds. The highest BCUT2D eigenvalue weighted by atomic mass is 16.6. The van der Waals surface area contributed by atoms with Crippen LogP contribution in [0.5, 0.6) is 0 Å². The summed E-state index contributed by atoms with van der Waals surface area (Å²) in [5.74, 6) is -1.13. The summed E-state index contributed by atoms with van der Waals surface area (Å²) in [6.07, 6.45) is 30.8. The standard InChI is InChI=1S/C31H50O5/c1-3-5-7-9-10-11-12-13-14-15-16-17-18-19-20-22-24-26-30(34)36-29(27-32)31(35)28(33)25-23-21-8-6-4-2/h14-20,22,24,26,29,31-32,35H,3-13,21,23,25,27H2,1-2H3. The van der Waals surface area contributed by atoms with Crippen molar-refractivity contribution in [2.24, 2.45) is 0 Å². The second-order valence-corrected chi connectivity index (χ2v) is 9.09. The van der Waals surface area contributed by atoms with Gasteiger partial charge in [-0.1, -0.05) is 133 Å². The smallest absolute Gasteiger partial charge is 0.331 e. The molecule has 0 aliphatic carbocycles. The molecule has 36 heavy (non-hydrogen) atoms. The number of rotatable bonds is 23. The van der Waals surface area contributed by atoms with E-state index in [0.717, 1.165) is 32.1 Å². The number of Topliss-reactive ketones (excluding diaryl/α,β-unsaturated/α-hetero) is 1. The maximum Gasteiger partial charge on any atom is 0.331 e. The Morgan fingerprint density at radius 1 is 0.694 bits per heavy atom. The van der Waals surface area contributed by atoms with Gasteiger partial charge >= 0.3 is 5.97 Å². The van der Waals surface area contributed by atoms with Gasteiger partial charge in [0, 0.05) is 12.5 Å². The maximum atomic E-state index is 12.1. The van der Waals surface area contributed by atoms with Crippen LogP contribution in [0.25, 0.3) is 0 Å². The summed E-state index contributed by atoms with van der Waals surface area (Å²) in [5, 5.41) is 19.5. The van der Waals surface area contributed by atoms with Crippen molar-refractivity contribution in [3.05, 3.63) is 60.8 Å². The fraction of sp³-hybridized carbons (Fsp3) is 0.613.